The van der Waals surface area contributed by atoms with Crippen molar-refractivity contribution >= 4 is 21.6 Å². The molecular weight excluding hydrogens is 202 g/mol. The van der Waals surface area contributed by atoms with E-state index in [1.807, 2.05) is 13.8 Å². The Labute approximate surface area is 83.4 Å². The Morgan fingerprint density at radius 1 is 1.43 bits per heavy atom. The van der Waals surface area contributed by atoms with Crippen molar-refractivity contribution < 1.29 is 4.42 Å². The maximum absolute atomic E-state index is 11.4. The summed E-state index contributed by atoms with van der Waals surface area (Å²) in [6.45, 7) is 3.75. The van der Waals surface area contributed by atoms with Gasteiger partial charge in [-0.15, -0.1) is 11.3 Å². The number of rotatable bonds is 1. The minimum Gasteiger partial charge on any atom is -0.372 e. The van der Waals surface area contributed by atoms with E-state index in [0.717, 1.165) is 0 Å². The quantitative estimate of drug-likeness (QED) is 0.719. The summed E-state index contributed by atoms with van der Waals surface area (Å²) in [6.07, 6.45) is 0. The van der Waals surface area contributed by atoms with Crippen molar-refractivity contribution in [2.75, 3.05) is 0 Å². The maximum Gasteiger partial charge on any atom is 0.423 e. The highest BCUT2D eigenvalue weighted by atomic mass is 32.1. The molecule has 4 nitrogen and oxygen atoms in total. The molecule has 0 fully saturated rings. The number of nitrogens with zero attached hydrogens (tertiary/aromatic N) is 1. The summed E-state index contributed by atoms with van der Waals surface area (Å²) in [6, 6.07) is 1.66. The summed E-state index contributed by atoms with van der Waals surface area (Å²) in [5, 5.41) is 2.25. The van der Waals surface area contributed by atoms with Crippen LogP contribution in [0.5, 0.6) is 0 Å². The van der Waals surface area contributed by atoms with Gasteiger partial charge in [-0.1, -0.05) is 0 Å². The highest BCUT2D eigenvalue weighted by molar-refractivity contribution is 7.16. The fourth-order valence-electron chi connectivity index (χ4n) is 1.35. The van der Waals surface area contributed by atoms with Gasteiger partial charge in [-0.05, 0) is 25.3 Å². The summed E-state index contributed by atoms with van der Waals surface area (Å²) in [5.74, 6) is -0.583. The average Bonchev–Trinajstić information content (AvgIpc) is 2.51. The van der Waals surface area contributed by atoms with Crippen molar-refractivity contribution in [2.45, 2.75) is 19.9 Å². The molecule has 0 aliphatic rings. The van der Waals surface area contributed by atoms with Crippen LogP contribution in [0, 0.1) is 0 Å². The average molecular weight is 211 g/mol. The molecule has 2 rings (SSSR count). The van der Waals surface area contributed by atoms with Gasteiger partial charge in [0.25, 0.3) is 0 Å². The number of thiophene rings is 1. The van der Waals surface area contributed by atoms with Crippen molar-refractivity contribution in [1.82, 2.24) is 4.57 Å². The maximum atomic E-state index is 11.4. The molecule has 14 heavy (non-hydrogen) atoms. The first-order valence-corrected chi connectivity index (χ1v) is 5.12. The summed E-state index contributed by atoms with van der Waals surface area (Å²) in [4.78, 5) is 23.3. The van der Waals surface area contributed by atoms with Gasteiger partial charge in [0.1, 0.15) is 4.83 Å². The number of hydrogen-bond donors (Lipinski definition) is 0. The first-order chi connectivity index (χ1) is 6.61. The summed E-state index contributed by atoms with van der Waals surface area (Å²) in [5.41, 5.74) is -0.553. The molecule has 0 N–H and O–H groups in total. The molecule has 74 valence electrons. The van der Waals surface area contributed by atoms with Crippen LogP contribution in [0.2, 0.25) is 0 Å². The number of fused-ring (bicyclic) bond motifs is 1. The molecule has 0 amide bonds. The first-order valence-electron chi connectivity index (χ1n) is 4.24. The molecule has 2 aromatic heterocycles. The van der Waals surface area contributed by atoms with E-state index in [1.54, 1.807) is 11.4 Å². The third-order valence-electron chi connectivity index (χ3n) is 1.98. The van der Waals surface area contributed by atoms with Gasteiger partial charge in [-0.25, -0.2) is 9.59 Å². The Hall–Kier alpha value is -1.36. The lowest BCUT2D eigenvalue weighted by molar-refractivity contribution is 0.400. The molecule has 5 heteroatoms. The predicted molar refractivity (Wildman–Crippen MR) is 55.0 cm³/mol. The summed E-state index contributed by atoms with van der Waals surface area (Å²) < 4.78 is 6.09. The SMILES string of the molecule is CC(C)n1c(=O)oc(=O)c2ccsc21. The Morgan fingerprint density at radius 2 is 2.14 bits per heavy atom. The van der Waals surface area contributed by atoms with Crippen LogP contribution in [0.3, 0.4) is 0 Å². The van der Waals surface area contributed by atoms with Gasteiger partial charge in [0, 0.05) is 6.04 Å². The molecule has 0 aliphatic heterocycles. The van der Waals surface area contributed by atoms with Gasteiger partial charge >= 0.3 is 11.4 Å². The summed E-state index contributed by atoms with van der Waals surface area (Å²) in [7, 11) is 0. The molecule has 0 aliphatic carbocycles. The van der Waals surface area contributed by atoms with E-state index in [9.17, 15) is 9.59 Å². The van der Waals surface area contributed by atoms with Gasteiger partial charge < -0.3 is 4.42 Å². The zero-order chi connectivity index (χ0) is 10.3. The molecule has 0 saturated carbocycles. The Balaban J connectivity index is 3.01. The minimum absolute atomic E-state index is 0.00648. The van der Waals surface area contributed by atoms with Crippen molar-refractivity contribution in [1.29, 1.82) is 0 Å². The molecule has 2 heterocycles. The lowest BCUT2D eigenvalue weighted by Gasteiger charge is -2.08. The van der Waals surface area contributed by atoms with Gasteiger partial charge in [0.2, 0.25) is 0 Å². The van der Waals surface area contributed by atoms with E-state index in [4.69, 9.17) is 0 Å². The fraction of sp³-hybridized carbons (Fsp3) is 0.333. The minimum atomic E-state index is -0.583. The van der Waals surface area contributed by atoms with Gasteiger partial charge in [-0.2, -0.15) is 0 Å². The topological polar surface area (TPSA) is 52.2 Å². The van der Waals surface area contributed by atoms with Gasteiger partial charge in [0.05, 0.1) is 5.39 Å². The second-order valence-corrected chi connectivity index (χ2v) is 4.15. The third kappa shape index (κ3) is 1.21. The van der Waals surface area contributed by atoms with Crippen LogP contribution >= 0.6 is 11.3 Å². The van der Waals surface area contributed by atoms with Crippen LogP contribution in [0.15, 0.2) is 25.5 Å². The molecule has 0 bridgehead atoms. The largest absolute Gasteiger partial charge is 0.423 e. The van der Waals surface area contributed by atoms with Crippen molar-refractivity contribution in [2.24, 2.45) is 0 Å². The van der Waals surface area contributed by atoms with Gasteiger partial charge in [-0.3, -0.25) is 4.57 Å². The monoisotopic (exact) mass is 211 g/mol. The zero-order valence-corrected chi connectivity index (χ0v) is 8.63. The van der Waals surface area contributed by atoms with Crippen LogP contribution in [0.4, 0.5) is 0 Å². The van der Waals surface area contributed by atoms with Crippen molar-refractivity contribution in [3.63, 3.8) is 0 Å². The second-order valence-electron chi connectivity index (χ2n) is 3.26. The molecular formula is C9H9NO3S. The molecule has 0 spiro atoms. The highest BCUT2D eigenvalue weighted by Gasteiger charge is 2.12. The summed E-state index contributed by atoms with van der Waals surface area (Å²) >= 11 is 1.37. The lowest BCUT2D eigenvalue weighted by Crippen LogP contribution is -2.25. The fourth-order valence-corrected chi connectivity index (χ4v) is 2.37. The van der Waals surface area contributed by atoms with Gasteiger partial charge in [0.15, 0.2) is 0 Å². The van der Waals surface area contributed by atoms with E-state index >= 15 is 0 Å². The van der Waals surface area contributed by atoms with Crippen LogP contribution in [0.25, 0.3) is 10.2 Å². The van der Waals surface area contributed by atoms with Crippen LogP contribution in [-0.4, -0.2) is 4.57 Å². The van der Waals surface area contributed by atoms with E-state index in [-0.39, 0.29) is 6.04 Å². The third-order valence-corrected chi connectivity index (χ3v) is 2.89. The molecule has 0 atom stereocenters. The smallest absolute Gasteiger partial charge is 0.372 e. The van der Waals surface area contributed by atoms with Crippen LogP contribution < -0.4 is 11.4 Å². The first kappa shape index (κ1) is 9.21. The molecule has 2 aromatic rings. The molecule has 0 radical (unpaired) electrons. The Bertz CT molecular complexity index is 575. The van der Waals surface area contributed by atoms with Crippen molar-refractivity contribution in [3.05, 3.63) is 32.4 Å². The van der Waals surface area contributed by atoms with E-state index in [1.165, 1.54) is 15.9 Å². The zero-order valence-electron chi connectivity index (χ0n) is 7.81. The van der Waals surface area contributed by atoms with Crippen molar-refractivity contribution in [3.8, 4) is 0 Å². The van der Waals surface area contributed by atoms with Crippen LogP contribution in [0.1, 0.15) is 19.9 Å². The second kappa shape index (κ2) is 3.09. The standard InChI is InChI=1S/C9H9NO3S/c1-5(2)10-7-6(3-4-14-7)8(11)13-9(10)12/h3-5H,1-2H3. The normalized spacial score (nSPS) is 11.4. The van der Waals surface area contributed by atoms with Crippen LogP contribution in [-0.2, 0) is 0 Å². The molecule has 0 saturated heterocycles. The molecule has 0 aromatic carbocycles. The number of hydrogen-bond acceptors (Lipinski definition) is 4. The van der Waals surface area contributed by atoms with E-state index in [2.05, 4.69) is 4.42 Å². The Morgan fingerprint density at radius 3 is 2.79 bits per heavy atom. The highest BCUT2D eigenvalue weighted by Crippen LogP contribution is 2.18. The van der Waals surface area contributed by atoms with E-state index in [0.29, 0.717) is 10.2 Å². The molecule has 0 unspecified atom stereocenters. The van der Waals surface area contributed by atoms with E-state index < -0.39 is 11.4 Å². The number of aromatic nitrogens is 1. The Kier molecular flexibility index (Phi) is 2.03. The lowest BCUT2D eigenvalue weighted by atomic mass is 10.3. The predicted octanol–water partition coefficient (Wildman–Crippen LogP) is 1.60.